The first-order chi connectivity index (χ1) is 8.51. The zero-order chi connectivity index (χ0) is 13.7. The molecule has 0 spiro atoms. The Kier molecular flexibility index (Phi) is 4.75. The van der Waals surface area contributed by atoms with E-state index in [1.54, 1.807) is 6.92 Å². The average molecular weight is 254 g/mol. The normalized spacial score (nSPS) is 12.8. The molecule has 0 fully saturated rings. The summed E-state index contributed by atoms with van der Waals surface area (Å²) in [6.07, 6.45) is 2.48. The fourth-order valence-corrected chi connectivity index (χ4v) is 1.28. The summed E-state index contributed by atoms with van der Waals surface area (Å²) in [4.78, 5) is 18.2. The van der Waals surface area contributed by atoms with E-state index in [1.165, 1.54) is 6.20 Å². The summed E-state index contributed by atoms with van der Waals surface area (Å²) in [6, 6.07) is -1.30. The van der Waals surface area contributed by atoms with Crippen LogP contribution in [0.15, 0.2) is 11.2 Å². The van der Waals surface area contributed by atoms with E-state index in [-0.39, 0.29) is 17.9 Å². The molecule has 1 atom stereocenters. The highest BCUT2D eigenvalue weighted by atomic mass is 16.4. The summed E-state index contributed by atoms with van der Waals surface area (Å²) in [6.45, 7) is 0.554. The van der Waals surface area contributed by atoms with Gasteiger partial charge in [-0.25, -0.2) is 4.79 Å². The van der Waals surface area contributed by atoms with Crippen molar-refractivity contribution in [3.8, 4) is 5.75 Å². The number of aryl methyl sites for hydroxylation is 1. The van der Waals surface area contributed by atoms with Crippen LogP contribution < -0.4 is 0 Å². The average Bonchev–Trinajstić information content (AvgIpc) is 2.34. The zero-order valence-corrected chi connectivity index (χ0v) is 9.74. The molecule has 1 heterocycles. The summed E-state index contributed by atoms with van der Waals surface area (Å²) in [5, 5.41) is 36.4. The van der Waals surface area contributed by atoms with Gasteiger partial charge in [0.1, 0.15) is 5.75 Å². The van der Waals surface area contributed by atoms with Gasteiger partial charge in [-0.05, 0) is 6.92 Å². The molecule has 1 aromatic rings. The molecule has 1 rings (SSSR count). The number of aliphatic carboxylic acids is 1. The van der Waals surface area contributed by atoms with Crippen molar-refractivity contribution in [1.29, 1.82) is 0 Å². The Bertz CT molecular complexity index is 473. The summed E-state index contributed by atoms with van der Waals surface area (Å²) >= 11 is 0. The number of aromatic hydroxyl groups is 1. The van der Waals surface area contributed by atoms with Crippen molar-refractivity contribution in [2.75, 3.05) is 6.61 Å². The number of carboxylic acid groups (broad SMARTS) is 1. The lowest BCUT2D eigenvalue weighted by molar-refractivity contribution is -0.139. The van der Waals surface area contributed by atoms with E-state index in [9.17, 15) is 9.90 Å². The Balaban J connectivity index is 3.13. The maximum Gasteiger partial charge on any atom is 0.330 e. The van der Waals surface area contributed by atoms with Gasteiger partial charge in [-0.2, -0.15) is 0 Å². The molecule has 0 aromatic carbocycles. The van der Waals surface area contributed by atoms with Gasteiger partial charge in [0.25, 0.3) is 0 Å². The topological polar surface area (TPSA) is 123 Å². The maximum atomic E-state index is 10.7. The monoisotopic (exact) mass is 254 g/mol. The standard InChI is InChI=1S/C11H14N2O5/c1-6-10(16)8(7(4-14)2-12-6)3-13-9(5-15)11(17)18/h2-3,9,14-16H,4-5H2,1H3,(H,17,18)/t9-/m0/s1. The van der Waals surface area contributed by atoms with Gasteiger partial charge < -0.3 is 20.4 Å². The van der Waals surface area contributed by atoms with Gasteiger partial charge in [0.2, 0.25) is 0 Å². The van der Waals surface area contributed by atoms with Crippen LogP contribution in [0.2, 0.25) is 0 Å². The number of rotatable bonds is 5. The summed E-state index contributed by atoms with van der Waals surface area (Å²) < 4.78 is 0. The first-order valence-corrected chi connectivity index (χ1v) is 5.16. The van der Waals surface area contributed by atoms with Crippen LogP contribution in [0.1, 0.15) is 16.8 Å². The number of pyridine rings is 1. The molecule has 98 valence electrons. The second-order valence-corrected chi connectivity index (χ2v) is 3.60. The number of carbonyl (C=O) groups is 1. The zero-order valence-electron chi connectivity index (χ0n) is 9.74. The lowest BCUT2D eigenvalue weighted by atomic mass is 10.1. The van der Waals surface area contributed by atoms with Crippen molar-refractivity contribution < 1.29 is 25.2 Å². The van der Waals surface area contributed by atoms with E-state index < -0.39 is 18.6 Å². The van der Waals surface area contributed by atoms with Crippen LogP contribution in [0, 0.1) is 6.92 Å². The third-order valence-electron chi connectivity index (χ3n) is 2.37. The molecule has 0 saturated carbocycles. The van der Waals surface area contributed by atoms with Crippen LogP contribution in [0.4, 0.5) is 0 Å². The fourth-order valence-electron chi connectivity index (χ4n) is 1.28. The highest BCUT2D eigenvalue weighted by Crippen LogP contribution is 2.22. The van der Waals surface area contributed by atoms with Crippen LogP contribution in [0.25, 0.3) is 0 Å². The molecule has 4 N–H and O–H groups in total. The van der Waals surface area contributed by atoms with Gasteiger partial charge in [0.05, 0.1) is 18.9 Å². The van der Waals surface area contributed by atoms with Gasteiger partial charge >= 0.3 is 5.97 Å². The van der Waals surface area contributed by atoms with Crippen LogP contribution in [-0.2, 0) is 11.4 Å². The number of aliphatic hydroxyl groups excluding tert-OH is 2. The summed E-state index contributed by atoms with van der Waals surface area (Å²) in [5.41, 5.74) is 0.859. The van der Waals surface area contributed by atoms with Crippen LogP contribution in [0.5, 0.6) is 5.75 Å². The Morgan fingerprint density at radius 1 is 1.56 bits per heavy atom. The predicted octanol–water partition coefficient (Wildman–Crippen LogP) is -0.548. The van der Waals surface area contributed by atoms with E-state index in [0.717, 1.165) is 6.21 Å². The molecule has 0 aliphatic rings. The number of aliphatic imine (C=N–C) groups is 1. The highest BCUT2D eigenvalue weighted by molar-refractivity contribution is 5.87. The van der Waals surface area contributed by atoms with E-state index in [1.807, 2.05) is 0 Å². The second-order valence-electron chi connectivity index (χ2n) is 3.60. The molecule has 7 nitrogen and oxygen atoms in total. The van der Waals surface area contributed by atoms with Gasteiger partial charge in [0, 0.05) is 23.5 Å². The molecular formula is C11H14N2O5. The Labute approximate surface area is 103 Å². The molecule has 18 heavy (non-hydrogen) atoms. The smallest absolute Gasteiger partial charge is 0.330 e. The van der Waals surface area contributed by atoms with Gasteiger partial charge in [-0.3, -0.25) is 9.98 Å². The molecule has 0 radical (unpaired) electrons. The van der Waals surface area contributed by atoms with Crippen molar-refractivity contribution in [3.63, 3.8) is 0 Å². The van der Waals surface area contributed by atoms with E-state index in [4.69, 9.17) is 15.3 Å². The number of carboxylic acids is 1. The third kappa shape index (κ3) is 3.02. The fraction of sp³-hybridized carbons (Fsp3) is 0.364. The largest absolute Gasteiger partial charge is 0.505 e. The van der Waals surface area contributed by atoms with Crippen LogP contribution in [-0.4, -0.2) is 50.2 Å². The lowest BCUT2D eigenvalue weighted by Crippen LogP contribution is -2.22. The Morgan fingerprint density at radius 2 is 2.22 bits per heavy atom. The lowest BCUT2D eigenvalue weighted by Gasteiger charge is -2.08. The SMILES string of the molecule is Cc1ncc(CO)c(C=N[C@@H](CO)C(=O)O)c1O. The van der Waals surface area contributed by atoms with E-state index >= 15 is 0 Å². The van der Waals surface area contributed by atoms with Crippen molar-refractivity contribution in [2.45, 2.75) is 19.6 Å². The van der Waals surface area contributed by atoms with Gasteiger partial charge in [-0.15, -0.1) is 0 Å². The number of hydrogen-bond donors (Lipinski definition) is 4. The third-order valence-corrected chi connectivity index (χ3v) is 2.37. The molecule has 0 saturated heterocycles. The number of nitrogens with zero attached hydrogens (tertiary/aromatic N) is 2. The van der Waals surface area contributed by atoms with Crippen molar-refractivity contribution in [2.24, 2.45) is 4.99 Å². The minimum Gasteiger partial charge on any atom is -0.505 e. The van der Waals surface area contributed by atoms with Crippen molar-refractivity contribution in [1.82, 2.24) is 4.98 Å². The number of aliphatic hydroxyl groups is 2. The Morgan fingerprint density at radius 3 is 2.72 bits per heavy atom. The molecule has 0 bridgehead atoms. The van der Waals surface area contributed by atoms with E-state index in [2.05, 4.69) is 9.98 Å². The molecule has 7 heteroatoms. The molecule has 0 aliphatic carbocycles. The summed E-state index contributed by atoms with van der Waals surface area (Å²) in [5.74, 6) is -1.45. The second kappa shape index (κ2) is 6.08. The van der Waals surface area contributed by atoms with Crippen molar-refractivity contribution >= 4 is 12.2 Å². The predicted molar refractivity (Wildman–Crippen MR) is 62.7 cm³/mol. The highest BCUT2D eigenvalue weighted by Gasteiger charge is 2.15. The molecule has 1 aromatic heterocycles. The maximum absolute atomic E-state index is 10.7. The minimum absolute atomic E-state index is 0.174. The van der Waals surface area contributed by atoms with E-state index in [0.29, 0.717) is 11.3 Å². The van der Waals surface area contributed by atoms with Crippen LogP contribution in [0.3, 0.4) is 0 Å². The molecule has 0 amide bonds. The minimum atomic E-state index is -1.30. The first-order valence-electron chi connectivity index (χ1n) is 5.16. The first kappa shape index (κ1) is 14.1. The van der Waals surface area contributed by atoms with Crippen molar-refractivity contribution in [3.05, 3.63) is 23.0 Å². The molecule has 0 unspecified atom stereocenters. The van der Waals surface area contributed by atoms with Gasteiger partial charge in [-0.1, -0.05) is 0 Å². The Hall–Kier alpha value is -1.99. The van der Waals surface area contributed by atoms with Crippen LogP contribution >= 0.6 is 0 Å². The number of aromatic nitrogens is 1. The number of hydrogen-bond acceptors (Lipinski definition) is 6. The van der Waals surface area contributed by atoms with Gasteiger partial charge in [0.15, 0.2) is 6.04 Å². The quantitative estimate of drug-likeness (QED) is 0.523. The molecule has 0 aliphatic heterocycles. The molecular weight excluding hydrogens is 240 g/mol. The summed E-state index contributed by atoms with van der Waals surface area (Å²) in [7, 11) is 0.